The number of hydrogen-bond donors (Lipinski definition) is 0. The summed E-state index contributed by atoms with van der Waals surface area (Å²) in [5, 5.41) is 3.49. The van der Waals surface area contributed by atoms with Crippen LogP contribution in [0.4, 0.5) is 4.79 Å². The molecule has 1 aromatic heterocycles. The summed E-state index contributed by atoms with van der Waals surface area (Å²) >= 11 is 0. The first-order chi connectivity index (χ1) is 8.65. The van der Waals surface area contributed by atoms with E-state index in [1.54, 1.807) is 31.3 Å². The van der Waals surface area contributed by atoms with Gasteiger partial charge in [0.1, 0.15) is 6.26 Å². The van der Waals surface area contributed by atoms with Gasteiger partial charge in [-0.3, -0.25) is 0 Å². The molecule has 0 spiro atoms. The summed E-state index contributed by atoms with van der Waals surface area (Å²) in [4.78, 5) is 13.1. The fourth-order valence-electron chi connectivity index (χ4n) is 1.29. The SMILES string of the molecule is [2H]c1ccc(CN(C)C(=O)Oc2ccon2)cc1. The third kappa shape index (κ3) is 3.07. The highest BCUT2D eigenvalue weighted by Crippen LogP contribution is 2.08. The Labute approximate surface area is 100.0 Å². The van der Waals surface area contributed by atoms with Crippen LogP contribution in [0.1, 0.15) is 6.93 Å². The molecule has 1 heterocycles. The number of amides is 1. The summed E-state index contributed by atoms with van der Waals surface area (Å²) in [6.07, 6.45) is 0.814. The molecule has 0 unspecified atom stereocenters. The van der Waals surface area contributed by atoms with Gasteiger partial charge in [0, 0.05) is 19.7 Å². The zero-order chi connectivity index (χ0) is 13.0. The highest BCUT2D eigenvalue weighted by Gasteiger charge is 2.12. The van der Waals surface area contributed by atoms with Gasteiger partial charge in [0.05, 0.1) is 1.37 Å². The maximum absolute atomic E-state index is 11.7. The molecule has 88 valence electrons. The zero-order valence-electron chi connectivity index (χ0n) is 10.3. The zero-order valence-corrected chi connectivity index (χ0v) is 9.29. The van der Waals surface area contributed by atoms with Gasteiger partial charge in [-0.1, -0.05) is 30.3 Å². The molecule has 0 bridgehead atoms. The van der Waals surface area contributed by atoms with Gasteiger partial charge in [-0.2, -0.15) is 0 Å². The molecule has 0 aliphatic carbocycles. The van der Waals surface area contributed by atoms with Gasteiger partial charge in [-0.25, -0.2) is 4.79 Å². The lowest BCUT2D eigenvalue weighted by Gasteiger charge is -2.15. The monoisotopic (exact) mass is 233 g/mol. The van der Waals surface area contributed by atoms with Crippen molar-refractivity contribution in [2.24, 2.45) is 0 Å². The van der Waals surface area contributed by atoms with Crippen molar-refractivity contribution in [3.63, 3.8) is 0 Å². The van der Waals surface area contributed by atoms with E-state index < -0.39 is 6.09 Å². The molecular weight excluding hydrogens is 220 g/mol. The molecule has 0 saturated carbocycles. The number of nitrogens with zero attached hydrogens (tertiary/aromatic N) is 2. The summed E-state index contributed by atoms with van der Waals surface area (Å²) in [6, 6.07) is 8.83. The van der Waals surface area contributed by atoms with Crippen molar-refractivity contribution >= 4 is 6.09 Å². The Balaban J connectivity index is 1.93. The highest BCUT2D eigenvalue weighted by molar-refractivity contribution is 5.69. The number of hydrogen-bond acceptors (Lipinski definition) is 4. The van der Waals surface area contributed by atoms with E-state index in [1.165, 1.54) is 17.2 Å². The average molecular weight is 233 g/mol. The number of benzene rings is 1. The van der Waals surface area contributed by atoms with Crippen LogP contribution in [-0.2, 0) is 6.54 Å². The van der Waals surface area contributed by atoms with Gasteiger partial charge in [0.15, 0.2) is 0 Å². The average Bonchev–Trinajstić information content (AvgIpc) is 2.85. The van der Waals surface area contributed by atoms with Crippen molar-refractivity contribution in [3.05, 3.63) is 48.2 Å². The Morgan fingerprint density at radius 3 is 2.94 bits per heavy atom. The first-order valence-electron chi connectivity index (χ1n) is 5.54. The maximum atomic E-state index is 11.7. The normalized spacial score (nSPS) is 10.8. The predicted octanol–water partition coefficient (Wildman–Crippen LogP) is 2.31. The fourth-order valence-corrected chi connectivity index (χ4v) is 1.29. The molecule has 1 aromatic carbocycles. The second-order valence-electron chi connectivity index (χ2n) is 3.47. The summed E-state index contributed by atoms with van der Waals surface area (Å²) in [6.45, 7) is 0.400. The third-order valence-corrected chi connectivity index (χ3v) is 2.12. The first kappa shape index (κ1) is 9.89. The Bertz CT molecular complexity index is 511. The third-order valence-electron chi connectivity index (χ3n) is 2.12. The predicted molar refractivity (Wildman–Crippen MR) is 60.4 cm³/mol. The van der Waals surface area contributed by atoms with Crippen molar-refractivity contribution in [1.29, 1.82) is 0 Å². The molecule has 1 amide bonds. The number of carbonyl (C=O) groups excluding carboxylic acids is 1. The van der Waals surface area contributed by atoms with E-state index in [0.29, 0.717) is 12.6 Å². The van der Waals surface area contributed by atoms with Crippen LogP contribution in [0.3, 0.4) is 0 Å². The van der Waals surface area contributed by atoms with Gasteiger partial charge >= 0.3 is 6.09 Å². The standard InChI is InChI=1S/C12H12N2O3/c1-14(9-10-5-3-2-4-6-10)12(15)17-11-7-8-16-13-11/h2-8H,9H2,1H3/i2D. The minimum absolute atomic E-state index is 0.133. The van der Waals surface area contributed by atoms with E-state index in [1.807, 2.05) is 0 Å². The lowest BCUT2D eigenvalue weighted by atomic mass is 10.2. The second-order valence-corrected chi connectivity index (χ2v) is 3.47. The Morgan fingerprint density at radius 1 is 1.53 bits per heavy atom. The molecule has 0 radical (unpaired) electrons. The van der Waals surface area contributed by atoms with Crippen molar-refractivity contribution in [1.82, 2.24) is 10.1 Å². The lowest BCUT2D eigenvalue weighted by Crippen LogP contribution is -2.29. The molecule has 2 aromatic rings. The van der Waals surface area contributed by atoms with Crippen LogP contribution in [0.5, 0.6) is 5.88 Å². The van der Waals surface area contributed by atoms with Crippen LogP contribution >= 0.6 is 0 Å². The first-order valence-corrected chi connectivity index (χ1v) is 5.04. The quantitative estimate of drug-likeness (QED) is 0.816. The Kier molecular flexibility index (Phi) is 3.00. The van der Waals surface area contributed by atoms with E-state index in [9.17, 15) is 4.79 Å². The minimum atomic E-state index is -0.515. The van der Waals surface area contributed by atoms with Crippen LogP contribution in [-0.4, -0.2) is 23.2 Å². The van der Waals surface area contributed by atoms with Gasteiger partial charge in [0.25, 0.3) is 5.88 Å². The van der Waals surface area contributed by atoms with Gasteiger partial charge < -0.3 is 14.2 Å². The van der Waals surface area contributed by atoms with Gasteiger partial charge in [0.2, 0.25) is 0 Å². The Morgan fingerprint density at radius 2 is 2.29 bits per heavy atom. The molecule has 0 aliphatic rings. The van der Waals surface area contributed by atoms with E-state index in [2.05, 4.69) is 9.68 Å². The van der Waals surface area contributed by atoms with Crippen LogP contribution < -0.4 is 4.74 Å². The van der Waals surface area contributed by atoms with Gasteiger partial charge in [-0.15, -0.1) is 0 Å². The number of aromatic nitrogens is 1. The van der Waals surface area contributed by atoms with Crippen LogP contribution in [0.25, 0.3) is 0 Å². The van der Waals surface area contributed by atoms with Crippen LogP contribution in [0.15, 0.2) is 47.2 Å². The summed E-state index contributed by atoms with van der Waals surface area (Å²) < 4.78 is 16.9. The van der Waals surface area contributed by atoms with Crippen molar-refractivity contribution in [2.75, 3.05) is 7.05 Å². The second kappa shape index (κ2) is 5.16. The van der Waals surface area contributed by atoms with Crippen LogP contribution in [0, 0.1) is 0 Å². The molecule has 5 heteroatoms. The molecule has 0 atom stereocenters. The number of ether oxygens (including phenoxy) is 1. The van der Waals surface area contributed by atoms with E-state index in [4.69, 9.17) is 6.11 Å². The lowest BCUT2D eigenvalue weighted by molar-refractivity contribution is 0.156. The van der Waals surface area contributed by atoms with Crippen LogP contribution in [0.2, 0.25) is 0 Å². The van der Waals surface area contributed by atoms with Crippen molar-refractivity contribution in [2.45, 2.75) is 6.54 Å². The van der Waals surface area contributed by atoms with Crippen molar-refractivity contribution in [3.8, 4) is 5.88 Å². The van der Waals surface area contributed by atoms with E-state index >= 15 is 0 Å². The molecular formula is C12H12N2O3. The smallest absolute Gasteiger partial charge is 0.388 e. The molecule has 0 N–H and O–H groups in total. The molecule has 5 nitrogen and oxygen atoms in total. The molecule has 0 fully saturated rings. The maximum Gasteiger partial charge on any atom is 0.416 e. The summed E-state index contributed by atoms with van der Waals surface area (Å²) in [7, 11) is 1.62. The summed E-state index contributed by atoms with van der Waals surface area (Å²) in [5.74, 6) is 0.133. The molecule has 17 heavy (non-hydrogen) atoms. The molecule has 0 aliphatic heterocycles. The fraction of sp³-hybridized carbons (Fsp3) is 0.167. The largest absolute Gasteiger partial charge is 0.416 e. The number of rotatable bonds is 3. The van der Waals surface area contributed by atoms with Gasteiger partial charge in [-0.05, 0) is 10.7 Å². The minimum Gasteiger partial charge on any atom is -0.388 e. The molecule has 2 rings (SSSR count). The van der Waals surface area contributed by atoms with Crippen molar-refractivity contribution < 1.29 is 15.4 Å². The van der Waals surface area contributed by atoms with E-state index in [-0.39, 0.29) is 5.88 Å². The van der Waals surface area contributed by atoms with E-state index in [0.717, 1.165) is 5.56 Å². The molecule has 0 saturated heterocycles. The number of carbonyl (C=O) groups is 1. The highest BCUT2D eigenvalue weighted by atomic mass is 16.6. The topological polar surface area (TPSA) is 55.6 Å². The summed E-state index contributed by atoms with van der Waals surface area (Å²) in [5.41, 5.74) is 0.922. The Hall–Kier alpha value is -2.30.